The monoisotopic (exact) mass is 403 g/mol. The van der Waals surface area contributed by atoms with E-state index in [2.05, 4.69) is 23.8 Å². The molecule has 2 heterocycles. The van der Waals surface area contributed by atoms with E-state index in [1.807, 2.05) is 31.2 Å². The van der Waals surface area contributed by atoms with Gasteiger partial charge in [-0.05, 0) is 49.6 Å². The van der Waals surface area contributed by atoms with Gasteiger partial charge in [0.15, 0.2) is 5.75 Å². The van der Waals surface area contributed by atoms with Gasteiger partial charge in [0.05, 0.1) is 22.4 Å². The molecule has 142 valence electrons. The Morgan fingerprint density at radius 1 is 1.15 bits per heavy atom. The van der Waals surface area contributed by atoms with Gasteiger partial charge < -0.3 is 10.5 Å². The van der Waals surface area contributed by atoms with Crippen LogP contribution in [-0.4, -0.2) is 22.1 Å². The number of ether oxygens (including phenoxy) is 1. The molecule has 0 saturated heterocycles. The van der Waals surface area contributed by atoms with Crippen LogP contribution in [0.1, 0.15) is 27.2 Å². The zero-order chi connectivity index (χ0) is 19.6. The van der Waals surface area contributed by atoms with Crippen molar-refractivity contribution in [3.05, 3.63) is 52.8 Å². The number of fused-ring (bicyclic) bond motifs is 1. The average Bonchev–Trinajstić information content (AvgIpc) is 2.59. The number of halogens is 2. The van der Waals surface area contributed by atoms with Crippen LogP contribution in [0.15, 0.2) is 42.7 Å². The maximum Gasteiger partial charge on any atom is 0.156 e. The minimum atomic E-state index is -0.422. The first-order valence-corrected chi connectivity index (χ1v) is 9.63. The van der Waals surface area contributed by atoms with Gasteiger partial charge in [0.2, 0.25) is 0 Å². The summed E-state index contributed by atoms with van der Waals surface area (Å²) in [6.45, 7) is 6.63. The molecule has 0 bridgehead atoms. The predicted molar refractivity (Wildman–Crippen MR) is 113 cm³/mol. The number of nitrogens with two attached hydrogens (primary N) is 1. The van der Waals surface area contributed by atoms with Crippen LogP contribution < -0.4 is 10.5 Å². The third-order valence-electron chi connectivity index (χ3n) is 4.23. The Balaban J connectivity index is 1.87. The van der Waals surface area contributed by atoms with Crippen molar-refractivity contribution in [1.29, 1.82) is 0 Å². The van der Waals surface area contributed by atoms with E-state index in [9.17, 15) is 0 Å². The van der Waals surface area contributed by atoms with Gasteiger partial charge in [-0.2, -0.15) is 0 Å². The van der Waals surface area contributed by atoms with Crippen LogP contribution in [0.2, 0.25) is 10.0 Å². The zero-order valence-electron chi connectivity index (χ0n) is 15.7. The van der Waals surface area contributed by atoms with Gasteiger partial charge in [-0.25, -0.2) is 0 Å². The van der Waals surface area contributed by atoms with Crippen molar-refractivity contribution >= 4 is 34.1 Å². The molecule has 2 N–H and O–H groups in total. The van der Waals surface area contributed by atoms with Gasteiger partial charge in [0.25, 0.3) is 0 Å². The van der Waals surface area contributed by atoms with Crippen LogP contribution in [0.25, 0.3) is 22.2 Å². The van der Waals surface area contributed by atoms with E-state index >= 15 is 0 Å². The van der Waals surface area contributed by atoms with Gasteiger partial charge in [-0.1, -0.05) is 37.0 Å². The number of hydrogen-bond donors (Lipinski definition) is 1. The summed E-state index contributed by atoms with van der Waals surface area (Å²) < 4.78 is 5.85. The quantitative estimate of drug-likeness (QED) is 0.569. The molecule has 0 fully saturated rings. The van der Waals surface area contributed by atoms with Gasteiger partial charge in [0.1, 0.15) is 6.61 Å². The van der Waals surface area contributed by atoms with Gasteiger partial charge in [-0.3, -0.25) is 9.97 Å². The summed E-state index contributed by atoms with van der Waals surface area (Å²) in [6.07, 6.45) is 4.25. The highest BCUT2D eigenvalue weighted by Crippen LogP contribution is 2.33. The molecule has 6 heteroatoms. The van der Waals surface area contributed by atoms with Crippen LogP contribution in [0.5, 0.6) is 5.75 Å². The van der Waals surface area contributed by atoms with Crippen molar-refractivity contribution in [2.75, 3.05) is 6.61 Å². The summed E-state index contributed by atoms with van der Waals surface area (Å²) in [5, 5.41) is 2.07. The Bertz CT molecular complexity index is 957. The smallest absolute Gasteiger partial charge is 0.156 e. The van der Waals surface area contributed by atoms with Gasteiger partial charge in [-0.15, -0.1) is 0 Å². The summed E-state index contributed by atoms with van der Waals surface area (Å²) in [4.78, 5) is 8.90. The van der Waals surface area contributed by atoms with Crippen molar-refractivity contribution in [3.8, 4) is 17.0 Å². The van der Waals surface area contributed by atoms with Crippen LogP contribution in [0, 0.1) is 5.92 Å². The molecule has 3 rings (SSSR count). The second kappa shape index (κ2) is 8.01. The summed E-state index contributed by atoms with van der Waals surface area (Å²) in [7, 11) is 0. The summed E-state index contributed by atoms with van der Waals surface area (Å²) in [5.74, 6) is 1.02. The van der Waals surface area contributed by atoms with Crippen LogP contribution in [0.4, 0.5) is 0 Å². The summed E-state index contributed by atoms with van der Waals surface area (Å²) in [5.41, 5.74) is 8.38. The lowest BCUT2D eigenvalue weighted by Gasteiger charge is -2.26. The topological polar surface area (TPSA) is 61.0 Å². The molecule has 4 nitrogen and oxygen atoms in total. The predicted octanol–water partition coefficient (Wildman–Crippen LogP) is 5.75. The number of hydrogen-bond acceptors (Lipinski definition) is 4. The number of benzene rings is 1. The molecule has 0 aliphatic carbocycles. The minimum Gasteiger partial charge on any atom is -0.488 e. The molecule has 0 radical (unpaired) electrons. The highest BCUT2D eigenvalue weighted by Gasteiger charge is 2.22. The van der Waals surface area contributed by atoms with E-state index in [1.165, 1.54) is 0 Å². The van der Waals surface area contributed by atoms with Gasteiger partial charge in [0, 0.05) is 27.7 Å². The SMILES string of the molecule is CC(C)CC(C)(N)COc1cnc(-c2ccnc3ccc(Cl)cc23)cc1Cl. The molecule has 1 atom stereocenters. The van der Waals surface area contributed by atoms with Crippen molar-refractivity contribution in [3.63, 3.8) is 0 Å². The number of nitrogens with zero attached hydrogens (tertiary/aromatic N) is 2. The first-order valence-electron chi connectivity index (χ1n) is 8.87. The third kappa shape index (κ3) is 4.89. The molecule has 1 unspecified atom stereocenters. The maximum atomic E-state index is 6.45. The minimum absolute atomic E-state index is 0.375. The molecule has 27 heavy (non-hydrogen) atoms. The van der Waals surface area contributed by atoms with Crippen LogP contribution >= 0.6 is 23.2 Å². The molecule has 0 aliphatic rings. The molecule has 0 spiro atoms. The molecule has 2 aromatic heterocycles. The lowest BCUT2D eigenvalue weighted by molar-refractivity contribution is 0.206. The van der Waals surface area contributed by atoms with Crippen molar-refractivity contribution in [1.82, 2.24) is 9.97 Å². The van der Waals surface area contributed by atoms with E-state index in [0.717, 1.165) is 28.6 Å². The van der Waals surface area contributed by atoms with Crippen molar-refractivity contribution < 1.29 is 4.74 Å². The van der Waals surface area contributed by atoms with E-state index in [-0.39, 0.29) is 0 Å². The van der Waals surface area contributed by atoms with E-state index in [1.54, 1.807) is 18.5 Å². The van der Waals surface area contributed by atoms with Crippen molar-refractivity contribution in [2.45, 2.75) is 32.7 Å². The molecular weight excluding hydrogens is 381 g/mol. The third-order valence-corrected chi connectivity index (χ3v) is 4.76. The largest absolute Gasteiger partial charge is 0.488 e. The average molecular weight is 404 g/mol. The highest BCUT2D eigenvalue weighted by molar-refractivity contribution is 6.32. The molecule has 0 amide bonds. The Kier molecular flexibility index (Phi) is 5.89. The van der Waals surface area contributed by atoms with Gasteiger partial charge >= 0.3 is 0 Å². The summed E-state index contributed by atoms with van der Waals surface area (Å²) in [6, 6.07) is 9.28. The highest BCUT2D eigenvalue weighted by atomic mass is 35.5. The molecule has 0 aliphatic heterocycles. The molecular formula is C21H23Cl2N3O. The molecule has 1 aromatic carbocycles. The fourth-order valence-electron chi connectivity index (χ4n) is 3.25. The second-order valence-electron chi connectivity index (χ2n) is 7.56. The normalized spacial score (nSPS) is 13.7. The standard InChI is InChI=1S/C21H23Cl2N3O/c1-13(2)10-21(3,24)12-27-20-11-26-19(9-17(20)23)15-6-7-25-18-5-4-14(22)8-16(15)18/h4-9,11,13H,10,12,24H2,1-3H3. The Hall–Kier alpha value is -1.88. The zero-order valence-corrected chi connectivity index (χ0v) is 17.2. The second-order valence-corrected chi connectivity index (χ2v) is 8.40. The Morgan fingerprint density at radius 3 is 2.63 bits per heavy atom. The van der Waals surface area contributed by atoms with E-state index in [4.69, 9.17) is 33.7 Å². The Morgan fingerprint density at radius 2 is 1.93 bits per heavy atom. The van der Waals surface area contributed by atoms with E-state index in [0.29, 0.717) is 28.3 Å². The molecule has 0 saturated carbocycles. The van der Waals surface area contributed by atoms with Crippen LogP contribution in [-0.2, 0) is 0 Å². The molecule has 3 aromatic rings. The first-order chi connectivity index (χ1) is 12.7. The fraction of sp³-hybridized carbons (Fsp3) is 0.333. The number of aromatic nitrogens is 2. The lowest BCUT2D eigenvalue weighted by atomic mass is 9.93. The lowest BCUT2D eigenvalue weighted by Crippen LogP contribution is -2.43. The fourth-order valence-corrected chi connectivity index (χ4v) is 3.63. The number of rotatable bonds is 6. The number of pyridine rings is 2. The summed E-state index contributed by atoms with van der Waals surface area (Å²) >= 11 is 12.6. The van der Waals surface area contributed by atoms with Crippen molar-refractivity contribution in [2.24, 2.45) is 11.7 Å². The van der Waals surface area contributed by atoms with E-state index < -0.39 is 5.54 Å². The maximum absolute atomic E-state index is 6.45. The first kappa shape index (κ1) is 19.9. The van der Waals surface area contributed by atoms with Crippen LogP contribution in [0.3, 0.4) is 0 Å². The Labute approximate surface area is 169 Å².